The molecule has 6 heteroatoms. The fourth-order valence-corrected chi connectivity index (χ4v) is 1.83. The summed E-state index contributed by atoms with van der Waals surface area (Å²) in [6, 6.07) is 5.18. The Labute approximate surface area is 130 Å². The number of hydrogen-bond acceptors (Lipinski definition) is 5. The van der Waals surface area contributed by atoms with Crippen molar-refractivity contribution < 1.29 is 24.1 Å². The molecule has 1 N–H and O–H groups in total. The Morgan fingerprint density at radius 3 is 2.29 bits per heavy atom. The summed E-state index contributed by atoms with van der Waals surface area (Å²) >= 11 is 5.90. The Hall–Kier alpha value is -0.850. The average Bonchev–Trinajstić information content (AvgIpc) is 2.46. The minimum absolute atomic E-state index is 0.402. The zero-order chi connectivity index (χ0) is 15.5. The van der Waals surface area contributed by atoms with Gasteiger partial charge in [0.2, 0.25) is 0 Å². The molecule has 1 unspecified atom stereocenters. The predicted molar refractivity (Wildman–Crippen MR) is 81.1 cm³/mol. The first kappa shape index (κ1) is 18.2. The zero-order valence-corrected chi connectivity index (χ0v) is 13.3. The summed E-state index contributed by atoms with van der Waals surface area (Å²) in [5.41, 5.74) is 0.672. The van der Waals surface area contributed by atoms with E-state index in [1.165, 1.54) is 0 Å². The Morgan fingerprint density at radius 2 is 1.67 bits per heavy atom. The van der Waals surface area contributed by atoms with Gasteiger partial charge in [0, 0.05) is 17.7 Å². The lowest BCUT2D eigenvalue weighted by molar-refractivity contribution is 0.0177. The predicted octanol–water partition coefficient (Wildman–Crippen LogP) is 2.45. The van der Waals surface area contributed by atoms with Gasteiger partial charge in [0.15, 0.2) is 0 Å². The van der Waals surface area contributed by atoms with Crippen LogP contribution in [-0.4, -0.2) is 51.9 Å². The van der Waals surface area contributed by atoms with E-state index in [4.69, 9.17) is 30.5 Å². The highest BCUT2D eigenvalue weighted by Gasteiger charge is 2.09. The number of halogens is 1. The molecule has 0 radical (unpaired) electrons. The number of aliphatic hydroxyl groups is 1. The van der Waals surface area contributed by atoms with E-state index in [9.17, 15) is 5.11 Å². The van der Waals surface area contributed by atoms with E-state index in [1.54, 1.807) is 32.2 Å². The number of benzene rings is 1. The Balaban J connectivity index is 2.18. The molecule has 0 saturated heterocycles. The van der Waals surface area contributed by atoms with Crippen LogP contribution in [0.2, 0.25) is 5.02 Å². The molecule has 0 aliphatic heterocycles. The van der Waals surface area contributed by atoms with E-state index in [1.807, 2.05) is 0 Å². The maximum Gasteiger partial charge on any atom is 0.125 e. The van der Waals surface area contributed by atoms with Crippen LogP contribution in [0.3, 0.4) is 0 Å². The van der Waals surface area contributed by atoms with E-state index in [0.717, 1.165) is 0 Å². The Bertz CT molecular complexity index is 398. The third-order valence-corrected chi connectivity index (χ3v) is 2.95. The van der Waals surface area contributed by atoms with Crippen LogP contribution in [0.1, 0.15) is 18.6 Å². The van der Waals surface area contributed by atoms with Crippen molar-refractivity contribution >= 4 is 11.6 Å². The molecule has 0 amide bonds. The molecule has 0 aliphatic rings. The highest BCUT2D eigenvalue weighted by molar-refractivity contribution is 6.30. The van der Waals surface area contributed by atoms with Gasteiger partial charge in [0.05, 0.1) is 39.1 Å². The van der Waals surface area contributed by atoms with Gasteiger partial charge in [-0.15, -0.1) is 0 Å². The van der Waals surface area contributed by atoms with Crippen LogP contribution < -0.4 is 4.74 Å². The smallest absolute Gasteiger partial charge is 0.125 e. The molecule has 0 saturated carbocycles. The quantitative estimate of drug-likeness (QED) is 0.635. The summed E-state index contributed by atoms with van der Waals surface area (Å²) in [6.07, 6.45) is -0.631. The van der Waals surface area contributed by atoms with E-state index >= 15 is 0 Å². The average molecular weight is 319 g/mol. The van der Waals surface area contributed by atoms with Gasteiger partial charge in [-0.1, -0.05) is 11.6 Å². The standard InChI is InChI=1S/C15H23ClO5/c1-12(17)14-11-13(16)3-4-15(14)21-10-9-20-8-7-19-6-5-18-2/h3-4,11-12,17H,5-10H2,1-2H3. The molecule has 0 fully saturated rings. The largest absolute Gasteiger partial charge is 0.491 e. The summed E-state index contributed by atoms with van der Waals surface area (Å²) in [6.45, 7) is 4.72. The first-order chi connectivity index (χ1) is 10.1. The van der Waals surface area contributed by atoms with Gasteiger partial charge < -0.3 is 24.1 Å². The molecule has 1 rings (SSSR count). The lowest BCUT2D eigenvalue weighted by atomic mass is 10.1. The van der Waals surface area contributed by atoms with Crippen LogP contribution in [-0.2, 0) is 14.2 Å². The van der Waals surface area contributed by atoms with Crippen molar-refractivity contribution in [1.82, 2.24) is 0 Å². The third-order valence-electron chi connectivity index (χ3n) is 2.71. The molecular weight excluding hydrogens is 296 g/mol. The number of hydrogen-bond donors (Lipinski definition) is 1. The van der Waals surface area contributed by atoms with E-state index in [2.05, 4.69) is 0 Å². The molecular formula is C15H23ClO5. The SMILES string of the molecule is COCCOCCOCCOc1ccc(Cl)cc1C(C)O. The van der Waals surface area contributed by atoms with Crippen LogP contribution in [0.25, 0.3) is 0 Å². The van der Waals surface area contributed by atoms with Gasteiger partial charge in [0.25, 0.3) is 0 Å². The summed E-state index contributed by atoms with van der Waals surface area (Å²) in [4.78, 5) is 0. The highest BCUT2D eigenvalue weighted by atomic mass is 35.5. The molecule has 0 aliphatic carbocycles. The summed E-state index contributed by atoms with van der Waals surface area (Å²) in [7, 11) is 1.63. The molecule has 0 spiro atoms. The van der Waals surface area contributed by atoms with Crippen molar-refractivity contribution in [3.8, 4) is 5.75 Å². The van der Waals surface area contributed by atoms with Gasteiger partial charge in [-0.2, -0.15) is 0 Å². The second-order valence-electron chi connectivity index (χ2n) is 4.42. The first-order valence-corrected chi connectivity index (χ1v) is 7.27. The van der Waals surface area contributed by atoms with Crippen molar-refractivity contribution in [2.75, 3.05) is 46.8 Å². The molecule has 1 aromatic rings. The van der Waals surface area contributed by atoms with Crippen LogP contribution in [0.5, 0.6) is 5.75 Å². The minimum atomic E-state index is -0.631. The monoisotopic (exact) mass is 318 g/mol. The molecule has 120 valence electrons. The van der Waals surface area contributed by atoms with Crippen molar-refractivity contribution in [1.29, 1.82) is 0 Å². The van der Waals surface area contributed by atoms with Gasteiger partial charge in [-0.25, -0.2) is 0 Å². The highest BCUT2D eigenvalue weighted by Crippen LogP contribution is 2.28. The van der Waals surface area contributed by atoms with Crippen LogP contribution >= 0.6 is 11.6 Å². The lowest BCUT2D eigenvalue weighted by Crippen LogP contribution is -2.13. The maximum atomic E-state index is 9.68. The zero-order valence-electron chi connectivity index (χ0n) is 12.5. The molecule has 0 aromatic heterocycles. The van der Waals surface area contributed by atoms with Gasteiger partial charge in [-0.05, 0) is 25.1 Å². The topological polar surface area (TPSA) is 57.2 Å². The van der Waals surface area contributed by atoms with E-state index < -0.39 is 6.10 Å². The first-order valence-electron chi connectivity index (χ1n) is 6.90. The normalized spacial score (nSPS) is 12.4. The summed E-state index contributed by atoms with van der Waals surface area (Å²) in [5, 5.41) is 10.2. The third kappa shape index (κ3) is 7.64. The molecule has 0 heterocycles. The van der Waals surface area contributed by atoms with Crippen LogP contribution in [0.4, 0.5) is 0 Å². The van der Waals surface area contributed by atoms with E-state index in [-0.39, 0.29) is 0 Å². The molecule has 5 nitrogen and oxygen atoms in total. The van der Waals surface area contributed by atoms with Crippen molar-refractivity contribution in [3.05, 3.63) is 28.8 Å². The molecule has 0 bridgehead atoms. The number of ether oxygens (including phenoxy) is 4. The van der Waals surface area contributed by atoms with Crippen LogP contribution in [0, 0.1) is 0 Å². The van der Waals surface area contributed by atoms with Gasteiger partial charge in [-0.3, -0.25) is 0 Å². The second-order valence-corrected chi connectivity index (χ2v) is 4.86. The van der Waals surface area contributed by atoms with Crippen molar-refractivity contribution in [2.45, 2.75) is 13.0 Å². The van der Waals surface area contributed by atoms with Gasteiger partial charge in [0.1, 0.15) is 12.4 Å². The molecule has 1 atom stereocenters. The summed E-state index contributed by atoms with van der Waals surface area (Å²) < 4.78 is 21.1. The summed E-state index contributed by atoms with van der Waals surface area (Å²) in [5.74, 6) is 0.620. The maximum absolute atomic E-state index is 9.68. The lowest BCUT2D eigenvalue weighted by Gasteiger charge is -2.14. The van der Waals surface area contributed by atoms with E-state index in [0.29, 0.717) is 56.0 Å². The molecule has 21 heavy (non-hydrogen) atoms. The number of methoxy groups -OCH3 is 1. The van der Waals surface area contributed by atoms with Crippen molar-refractivity contribution in [2.24, 2.45) is 0 Å². The second kappa shape index (κ2) is 10.8. The van der Waals surface area contributed by atoms with Crippen molar-refractivity contribution in [3.63, 3.8) is 0 Å². The Kier molecular flexibility index (Phi) is 9.37. The number of rotatable bonds is 11. The van der Waals surface area contributed by atoms with Gasteiger partial charge >= 0.3 is 0 Å². The van der Waals surface area contributed by atoms with Crippen LogP contribution in [0.15, 0.2) is 18.2 Å². The fraction of sp³-hybridized carbons (Fsp3) is 0.600. The molecule has 1 aromatic carbocycles. The minimum Gasteiger partial charge on any atom is -0.491 e. The Morgan fingerprint density at radius 1 is 1.05 bits per heavy atom. The fourth-order valence-electron chi connectivity index (χ4n) is 1.65. The number of aliphatic hydroxyl groups excluding tert-OH is 1.